The molecule has 0 unspecified atom stereocenters. The number of benzene rings is 2. The van der Waals surface area contributed by atoms with Crippen molar-refractivity contribution in [2.24, 2.45) is 0 Å². The Hall–Kier alpha value is -3.02. The van der Waals surface area contributed by atoms with Crippen molar-refractivity contribution in [3.63, 3.8) is 0 Å². The number of aryl methyl sites for hydroxylation is 1. The number of amides is 1. The summed E-state index contributed by atoms with van der Waals surface area (Å²) in [4.78, 5) is 21.7. The lowest BCUT2D eigenvalue weighted by molar-refractivity contribution is 0.0910. The zero-order chi connectivity index (χ0) is 21.9. The average Bonchev–Trinajstić information content (AvgIpc) is 3.35. The Morgan fingerprint density at radius 2 is 1.88 bits per heavy atom. The molecule has 1 N–H and O–H groups in total. The van der Waals surface area contributed by atoms with Crippen molar-refractivity contribution >= 4 is 28.1 Å². The third-order valence-electron chi connectivity index (χ3n) is 6.17. The minimum Gasteiger partial charge on any atom is -0.349 e. The largest absolute Gasteiger partial charge is 0.349 e. The van der Waals surface area contributed by atoms with E-state index in [0.717, 1.165) is 60.2 Å². The average molecular weight is 442 g/mol. The zero-order valence-electron chi connectivity index (χ0n) is 18.3. The maximum Gasteiger partial charge on any atom is 0.252 e. The third kappa shape index (κ3) is 4.45. The first-order chi connectivity index (χ1) is 15.7. The van der Waals surface area contributed by atoms with Gasteiger partial charge in [-0.15, -0.1) is 11.3 Å². The molecule has 1 amide bonds. The molecule has 0 spiro atoms. The second kappa shape index (κ2) is 9.23. The van der Waals surface area contributed by atoms with Crippen molar-refractivity contribution in [1.29, 1.82) is 0 Å². The molecule has 0 saturated carbocycles. The topological polar surface area (TPSA) is 45.2 Å². The van der Waals surface area contributed by atoms with E-state index in [9.17, 15) is 4.79 Å². The van der Waals surface area contributed by atoms with Crippen molar-refractivity contribution < 1.29 is 4.79 Å². The minimum absolute atomic E-state index is 0.00494. The van der Waals surface area contributed by atoms with Gasteiger partial charge >= 0.3 is 0 Å². The van der Waals surface area contributed by atoms with Crippen LogP contribution in [-0.2, 0) is 6.54 Å². The van der Waals surface area contributed by atoms with E-state index in [0.29, 0.717) is 0 Å². The molecule has 1 aliphatic rings. The van der Waals surface area contributed by atoms with Crippen molar-refractivity contribution in [3.8, 4) is 10.4 Å². The molecule has 3 heterocycles. The maximum atomic E-state index is 13.3. The number of carbonyl (C=O) groups excluding carboxylic acids is 1. The monoisotopic (exact) mass is 441 g/mol. The fraction of sp³-hybridized carbons (Fsp3) is 0.259. The van der Waals surface area contributed by atoms with Gasteiger partial charge in [-0.1, -0.05) is 54.6 Å². The Balaban J connectivity index is 1.31. The van der Waals surface area contributed by atoms with E-state index < -0.39 is 0 Å². The van der Waals surface area contributed by atoms with Gasteiger partial charge in [0.1, 0.15) is 0 Å². The number of rotatable bonds is 5. The van der Waals surface area contributed by atoms with Gasteiger partial charge in [0.2, 0.25) is 0 Å². The molecule has 2 aromatic heterocycles. The molecular formula is C27H27N3OS. The number of piperidine rings is 1. The van der Waals surface area contributed by atoms with Gasteiger partial charge in [0.05, 0.1) is 11.1 Å². The molecular weight excluding hydrogens is 414 g/mol. The predicted molar refractivity (Wildman–Crippen MR) is 132 cm³/mol. The highest BCUT2D eigenvalue weighted by Crippen LogP contribution is 2.32. The highest BCUT2D eigenvalue weighted by Gasteiger charge is 2.23. The number of carbonyl (C=O) groups is 1. The first-order valence-corrected chi connectivity index (χ1v) is 12.1. The minimum atomic E-state index is 0.00494. The summed E-state index contributed by atoms with van der Waals surface area (Å²) in [7, 11) is 0. The second-order valence-corrected chi connectivity index (χ2v) is 9.45. The fourth-order valence-electron chi connectivity index (χ4n) is 4.54. The molecule has 4 nitrogen and oxygen atoms in total. The second-order valence-electron chi connectivity index (χ2n) is 8.50. The fourth-order valence-corrected chi connectivity index (χ4v) is 5.29. The van der Waals surface area contributed by atoms with Gasteiger partial charge < -0.3 is 5.32 Å². The van der Waals surface area contributed by atoms with Crippen LogP contribution in [0.5, 0.6) is 0 Å². The highest BCUT2D eigenvalue weighted by atomic mass is 32.1. The maximum absolute atomic E-state index is 13.3. The van der Waals surface area contributed by atoms with Gasteiger partial charge in [0.25, 0.3) is 5.91 Å². The van der Waals surface area contributed by atoms with Crippen LogP contribution in [0.3, 0.4) is 0 Å². The number of thiophene rings is 1. The highest BCUT2D eigenvalue weighted by molar-refractivity contribution is 7.13. The van der Waals surface area contributed by atoms with Crippen LogP contribution in [0.25, 0.3) is 21.3 Å². The Bertz CT molecular complexity index is 1210. The van der Waals surface area contributed by atoms with E-state index in [4.69, 9.17) is 4.98 Å². The van der Waals surface area contributed by atoms with Crippen LogP contribution in [0.4, 0.5) is 0 Å². The molecule has 4 aromatic rings. The summed E-state index contributed by atoms with van der Waals surface area (Å²) >= 11 is 1.69. The summed E-state index contributed by atoms with van der Waals surface area (Å²) in [6.45, 7) is 4.93. The smallest absolute Gasteiger partial charge is 0.252 e. The molecule has 0 atom stereocenters. The number of nitrogens with one attached hydrogen (secondary N) is 1. The van der Waals surface area contributed by atoms with Gasteiger partial charge in [-0.25, -0.2) is 0 Å². The first-order valence-electron chi connectivity index (χ1n) is 11.2. The molecule has 5 rings (SSSR count). The number of hydrogen-bond donors (Lipinski definition) is 1. The van der Waals surface area contributed by atoms with E-state index in [2.05, 4.69) is 58.1 Å². The number of likely N-dealkylation sites (tertiary alicyclic amines) is 1. The van der Waals surface area contributed by atoms with Crippen molar-refractivity contribution in [2.75, 3.05) is 13.1 Å². The van der Waals surface area contributed by atoms with E-state index in [1.54, 1.807) is 11.3 Å². The molecule has 0 aliphatic carbocycles. The summed E-state index contributed by atoms with van der Waals surface area (Å²) in [5.74, 6) is 0.00494. The molecule has 0 bridgehead atoms. The van der Waals surface area contributed by atoms with Crippen molar-refractivity contribution in [1.82, 2.24) is 15.2 Å². The van der Waals surface area contributed by atoms with Crippen LogP contribution in [0.2, 0.25) is 0 Å². The predicted octanol–water partition coefficient (Wildman–Crippen LogP) is 5.67. The van der Waals surface area contributed by atoms with E-state index in [-0.39, 0.29) is 11.9 Å². The standard InChI is InChI=1S/C27H27N3OS/c1-19-17-24(22-9-5-10-23(26(22)28-19)25-11-6-16-32-25)27(31)29-21-12-14-30(15-13-21)18-20-7-3-2-4-8-20/h2-11,16-17,21H,12-15,18H2,1H3,(H,29,31). The lowest BCUT2D eigenvalue weighted by atomic mass is 10.0. The molecule has 1 saturated heterocycles. The molecule has 32 heavy (non-hydrogen) atoms. The Labute approximate surface area is 192 Å². The Morgan fingerprint density at radius 3 is 2.62 bits per heavy atom. The molecule has 0 radical (unpaired) electrons. The van der Waals surface area contributed by atoms with Crippen molar-refractivity contribution in [2.45, 2.75) is 32.4 Å². The number of aromatic nitrogens is 1. The van der Waals surface area contributed by atoms with Gasteiger partial charge in [-0.3, -0.25) is 14.7 Å². The Kier molecular flexibility index (Phi) is 6.02. The summed E-state index contributed by atoms with van der Waals surface area (Å²) in [6, 6.07) is 23.0. The molecule has 5 heteroatoms. The van der Waals surface area contributed by atoms with E-state index in [1.165, 1.54) is 10.4 Å². The first kappa shape index (κ1) is 20.9. The van der Waals surface area contributed by atoms with Crippen LogP contribution in [0.1, 0.15) is 34.5 Å². The Morgan fingerprint density at radius 1 is 1.06 bits per heavy atom. The zero-order valence-corrected chi connectivity index (χ0v) is 19.1. The van der Waals surface area contributed by atoms with Crippen LogP contribution in [0, 0.1) is 6.92 Å². The SMILES string of the molecule is Cc1cc(C(=O)NC2CCN(Cc3ccccc3)CC2)c2cccc(-c3cccs3)c2n1. The summed E-state index contributed by atoms with van der Waals surface area (Å²) < 4.78 is 0. The van der Waals surface area contributed by atoms with E-state index in [1.807, 2.05) is 31.2 Å². The molecule has 162 valence electrons. The summed E-state index contributed by atoms with van der Waals surface area (Å²) in [5.41, 5.74) is 4.92. The van der Waals surface area contributed by atoms with Gasteiger partial charge in [0, 0.05) is 47.2 Å². The number of nitrogens with zero attached hydrogens (tertiary/aromatic N) is 2. The molecule has 1 fully saturated rings. The molecule has 1 aliphatic heterocycles. The van der Waals surface area contributed by atoms with Crippen LogP contribution < -0.4 is 5.32 Å². The summed E-state index contributed by atoms with van der Waals surface area (Å²) in [6.07, 6.45) is 1.95. The van der Waals surface area contributed by atoms with Gasteiger partial charge in [-0.2, -0.15) is 0 Å². The quantitative estimate of drug-likeness (QED) is 0.434. The van der Waals surface area contributed by atoms with Gasteiger partial charge in [-0.05, 0) is 42.8 Å². The van der Waals surface area contributed by atoms with Gasteiger partial charge in [0.15, 0.2) is 0 Å². The van der Waals surface area contributed by atoms with Crippen molar-refractivity contribution in [3.05, 3.63) is 88.9 Å². The normalized spacial score (nSPS) is 15.2. The third-order valence-corrected chi connectivity index (χ3v) is 7.07. The lowest BCUT2D eigenvalue weighted by Gasteiger charge is -2.32. The van der Waals surface area contributed by atoms with Crippen LogP contribution in [-0.4, -0.2) is 34.9 Å². The summed E-state index contributed by atoms with van der Waals surface area (Å²) in [5, 5.41) is 6.29. The number of pyridine rings is 1. The molecule has 2 aromatic carbocycles. The van der Waals surface area contributed by atoms with Crippen LogP contribution in [0.15, 0.2) is 72.1 Å². The number of para-hydroxylation sites is 1. The van der Waals surface area contributed by atoms with E-state index >= 15 is 0 Å². The lowest BCUT2D eigenvalue weighted by Crippen LogP contribution is -2.44. The number of hydrogen-bond acceptors (Lipinski definition) is 4. The number of fused-ring (bicyclic) bond motifs is 1. The van der Waals surface area contributed by atoms with Crippen LogP contribution >= 0.6 is 11.3 Å².